The molecule has 1 rings (SSSR count). The maximum atomic E-state index is 11.4. The molecule has 3 atom stereocenters. The molecule has 0 radical (unpaired) electrons. The highest BCUT2D eigenvalue weighted by atomic mass is 32.2. The fourth-order valence-corrected chi connectivity index (χ4v) is 2.81. The highest BCUT2D eigenvalue weighted by molar-refractivity contribution is 7.84. The van der Waals surface area contributed by atoms with E-state index in [0.29, 0.717) is 12.0 Å². The zero-order valence-electron chi connectivity index (χ0n) is 10.9. The van der Waals surface area contributed by atoms with E-state index in [0.717, 1.165) is 37.7 Å². The van der Waals surface area contributed by atoms with Crippen molar-refractivity contribution in [1.82, 2.24) is 10.2 Å². The molecule has 1 heterocycles. The van der Waals surface area contributed by atoms with Crippen molar-refractivity contribution in [2.75, 3.05) is 37.7 Å². The standard InChI is InChI=1S/C12H26N2OS/c1-4-16(15)8-7-14-6-5-12(3)13-9-11(2)10-14/h11-13H,4-10H2,1-3H3. The molecule has 0 aromatic heterocycles. The van der Waals surface area contributed by atoms with Crippen molar-refractivity contribution in [3.63, 3.8) is 0 Å². The van der Waals surface area contributed by atoms with Crippen LogP contribution in [0.2, 0.25) is 0 Å². The van der Waals surface area contributed by atoms with Gasteiger partial charge in [-0.25, -0.2) is 0 Å². The average Bonchev–Trinajstić information content (AvgIpc) is 2.27. The van der Waals surface area contributed by atoms with Gasteiger partial charge in [0.1, 0.15) is 0 Å². The van der Waals surface area contributed by atoms with Gasteiger partial charge >= 0.3 is 0 Å². The highest BCUT2D eigenvalue weighted by Crippen LogP contribution is 2.06. The normalized spacial score (nSPS) is 30.7. The molecule has 1 aliphatic heterocycles. The van der Waals surface area contributed by atoms with E-state index >= 15 is 0 Å². The van der Waals surface area contributed by atoms with Crippen molar-refractivity contribution >= 4 is 10.8 Å². The Labute approximate surface area is 102 Å². The van der Waals surface area contributed by atoms with Gasteiger partial charge in [-0.2, -0.15) is 0 Å². The minimum absolute atomic E-state index is 0.613. The van der Waals surface area contributed by atoms with Crippen molar-refractivity contribution in [1.29, 1.82) is 0 Å². The lowest BCUT2D eigenvalue weighted by Gasteiger charge is -2.31. The summed E-state index contributed by atoms with van der Waals surface area (Å²) in [5, 5.41) is 3.54. The lowest BCUT2D eigenvalue weighted by Crippen LogP contribution is -2.43. The molecule has 1 aliphatic rings. The van der Waals surface area contributed by atoms with Crippen molar-refractivity contribution < 1.29 is 4.21 Å². The van der Waals surface area contributed by atoms with Crippen LogP contribution >= 0.6 is 0 Å². The topological polar surface area (TPSA) is 32.3 Å². The monoisotopic (exact) mass is 246 g/mol. The third kappa shape index (κ3) is 5.41. The first kappa shape index (κ1) is 14.1. The highest BCUT2D eigenvalue weighted by Gasteiger charge is 2.16. The number of rotatable bonds is 4. The third-order valence-electron chi connectivity index (χ3n) is 3.22. The molecule has 16 heavy (non-hydrogen) atoms. The quantitative estimate of drug-likeness (QED) is 0.805. The van der Waals surface area contributed by atoms with Crippen molar-refractivity contribution in [3.8, 4) is 0 Å². The maximum Gasteiger partial charge on any atom is 0.0362 e. The first-order valence-electron chi connectivity index (χ1n) is 6.42. The minimum atomic E-state index is -0.616. The molecule has 96 valence electrons. The Morgan fingerprint density at radius 2 is 2.19 bits per heavy atom. The van der Waals surface area contributed by atoms with E-state index in [9.17, 15) is 4.21 Å². The lowest BCUT2D eigenvalue weighted by molar-refractivity contribution is 0.211. The van der Waals surface area contributed by atoms with Crippen LogP contribution in [0.5, 0.6) is 0 Å². The van der Waals surface area contributed by atoms with E-state index in [1.54, 1.807) is 0 Å². The van der Waals surface area contributed by atoms with E-state index in [1.807, 2.05) is 6.92 Å². The van der Waals surface area contributed by atoms with E-state index < -0.39 is 10.8 Å². The Kier molecular flexibility index (Phi) is 6.54. The molecule has 4 heteroatoms. The van der Waals surface area contributed by atoms with Crippen LogP contribution in [0.4, 0.5) is 0 Å². The molecule has 1 N–H and O–H groups in total. The first-order valence-corrected chi connectivity index (χ1v) is 7.91. The molecule has 0 spiro atoms. The Morgan fingerprint density at radius 1 is 1.44 bits per heavy atom. The largest absolute Gasteiger partial charge is 0.314 e. The molecule has 0 aromatic rings. The first-order chi connectivity index (χ1) is 7.61. The van der Waals surface area contributed by atoms with E-state index in [2.05, 4.69) is 24.1 Å². The van der Waals surface area contributed by atoms with Gasteiger partial charge in [0.2, 0.25) is 0 Å². The molecule has 1 fully saturated rings. The zero-order valence-corrected chi connectivity index (χ0v) is 11.7. The van der Waals surface area contributed by atoms with Crippen molar-refractivity contribution in [3.05, 3.63) is 0 Å². The van der Waals surface area contributed by atoms with Gasteiger partial charge in [0.25, 0.3) is 0 Å². The SMILES string of the molecule is CCS(=O)CCN1CCC(C)NCC(C)C1. The second kappa shape index (κ2) is 7.41. The van der Waals surface area contributed by atoms with E-state index in [-0.39, 0.29) is 0 Å². The molecular weight excluding hydrogens is 220 g/mol. The van der Waals surface area contributed by atoms with Crippen molar-refractivity contribution in [2.45, 2.75) is 33.2 Å². The zero-order chi connectivity index (χ0) is 12.0. The molecule has 0 bridgehead atoms. The van der Waals surface area contributed by atoms with Crippen LogP contribution in [0.15, 0.2) is 0 Å². The smallest absolute Gasteiger partial charge is 0.0362 e. The summed E-state index contributed by atoms with van der Waals surface area (Å²) in [6, 6.07) is 0.613. The maximum absolute atomic E-state index is 11.4. The third-order valence-corrected chi connectivity index (χ3v) is 4.50. The van der Waals surface area contributed by atoms with Gasteiger partial charge in [0.05, 0.1) is 0 Å². The second-order valence-electron chi connectivity index (χ2n) is 4.94. The van der Waals surface area contributed by atoms with Gasteiger partial charge in [-0.05, 0) is 32.4 Å². The number of nitrogens with one attached hydrogen (secondary N) is 1. The van der Waals surface area contributed by atoms with Crippen LogP contribution < -0.4 is 5.32 Å². The van der Waals surface area contributed by atoms with Gasteiger partial charge in [0.15, 0.2) is 0 Å². The fourth-order valence-electron chi connectivity index (χ4n) is 2.06. The summed E-state index contributed by atoms with van der Waals surface area (Å²) in [6.07, 6.45) is 1.20. The fraction of sp³-hybridized carbons (Fsp3) is 1.00. The summed E-state index contributed by atoms with van der Waals surface area (Å²) in [5.41, 5.74) is 0. The molecule has 0 saturated carbocycles. The van der Waals surface area contributed by atoms with Gasteiger partial charge < -0.3 is 10.2 Å². The number of hydrogen-bond donors (Lipinski definition) is 1. The van der Waals surface area contributed by atoms with Gasteiger partial charge in [-0.1, -0.05) is 13.8 Å². The Hall–Kier alpha value is 0.0700. The summed E-state index contributed by atoms with van der Waals surface area (Å²) in [7, 11) is -0.616. The number of hydrogen-bond acceptors (Lipinski definition) is 3. The van der Waals surface area contributed by atoms with E-state index in [1.165, 1.54) is 6.42 Å². The molecule has 3 unspecified atom stereocenters. The Bertz CT molecular complexity index is 223. The molecule has 1 saturated heterocycles. The van der Waals surface area contributed by atoms with Gasteiger partial charge in [-0.15, -0.1) is 0 Å². The number of nitrogens with zero attached hydrogens (tertiary/aromatic N) is 1. The summed E-state index contributed by atoms with van der Waals surface area (Å²) >= 11 is 0. The van der Waals surface area contributed by atoms with Crippen LogP contribution in [-0.2, 0) is 10.8 Å². The second-order valence-corrected chi connectivity index (χ2v) is 6.80. The molecule has 0 amide bonds. The summed E-state index contributed by atoms with van der Waals surface area (Å²) in [4.78, 5) is 2.48. The van der Waals surface area contributed by atoms with Crippen molar-refractivity contribution in [2.24, 2.45) is 5.92 Å². The molecule has 0 aromatic carbocycles. The van der Waals surface area contributed by atoms with Crippen LogP contribution in [0.3, 0.4) is 0 Å². The summed E-state index contributed by atoms with van der Waals surface area (Å²) in [6.45, 7) is 10.9. The van der Waals surface area contributed by atoms with Crippen LogP contribution in [0, 0.1) is 5.92 Å². The molecule has 3 nitrogen and oxygen atoms in total. The summed E-state index contributed by atoms with van der Waals surface area (Å²) < 4.78 is 11.4. The van der Waals surface area contributed by atoms with Crippen LogP contribution in [0.1, 0.15) is 27.2 Å². The molecule has 0 aliphatic carbocycles. The van der Waals surface area contributed by atoms with Gasteiger partial charge in [0, 0.05) is 41.4 Å². The minimum Gasteiger partial charge on any atom is -0.314 e. The van der Waals surface area contributed by atoms with Crippen LogP contribution in [-0.4, -0.2) is 52.8 Å². The predicted octanol–water partition coefficient (Wildman–Crippen LogP) is 1.07. The van der Waals surface area contributed by atoms with E-state index in [4.69, 9.17) is 0 Å². The van der Waals surface area contributed by atoms with Crippen LogP contribution in [0.25, 0.3) is 0 Å². The molecular formula is C12H26N2OS. The predicted molar refractivity (Wildman–Crippen MR) is 71.2 cm³/mol. The Morgan fingerprint density at radius 3 is 2.88 bits per heavy atom. The Balaban J connectivity index is 2.35. The average molecular weight is 246 g/mol. The van der Waals surface area contributed by atoms with Gasteiger partial charge in [-0.3, -0.25) is 4.21 Å². The summed E-state index contributed by atoms with van der Waals surface area (Å²) in [5.74, 6) is 2.32. The lowest BCUT2D eigenvalue weighted by atomic mass is 10.1.